The number of nitrogens with one attached hydrogen (secondary N) is 1. The Morgan fingerprint density at radius 1 is 1.07 bits per heavy atom. The largest absolute Gasteiger partial charge is 0.466 e. The molecule has 12 nitrogen and oxygen atoms in total. The lowest BCUT2D eigenvalue weighted by molar-refractivity contribution is -0.142. The van der Waals surface area contributed by atoms with Crippen molar-refractivity contribution in [2.45, 2.75) is 39.8 Å². The van der Waals surface area contributed by atoms with Crippen LogP contribution in [0.15, 0.2) is 71.9 Å². The number of amidine groups is 1. The topological polar surface area (TPSA) is 154 Å². The number of imidazole rings is 1. The number of aliphatic imine (C=N–C) groups is 1. The van der Waals surface area contributed by atoms with E-state index in [2.05, 4.69) is 15.3 Å². The van der Waals surface area contributed by atoms with Gasteiger partial charge in [0.25, 0.3) is 5.91 Å². The van der Waals surface area contributed by atoms with Crippen molar-refractivity contribution in [1.29, 1.82) is 0 Å². The van der Waals surface area contributed by atoms with Crippen molar-refractivity contribution < 1.29 is 23.9 Å². The van der Waals surface area contributed by atoms with Crippen LogP contribution in [0.2, 0.25) is 0 Å². The van der Waals surface area contributed by atoms with Crippen LogP contribution in [-0.4, -0.2) is 57.6 Å². The van der Waals surface area contributed by atoms with Crippen LogP contribution in [-0.2, 0) is 27.9 Å². The Balaban J connectivity index is 1.47. The second kappa shape index (κ2) is 14.1. The summed E-state index contributed by atoms with van der Waals surface area (Å²) in [5.41, 5.74) is 9.29. The molecule has 0 saturated carbocycles. The van der Waals surface area contributed by atoms with Gasteiger partial charge in [0.1, 0.15) is 17.5 Å². The smallest absolute Gasteiger partial charge is 0.435 e. The minimum absolute atomic E-state index is 0.0445. The van der Waals surface area contributed by atoms with E-state index in [0.29, 0.717) is 29.0 Å². The van der Waals surface area contributed by atoms with E-state index in [0.717, 1.165) is 17.0 Å². The Kier molecular flexibility index (Phi) is 10.0. The molecule has 2 amide bonds. The van der Waals surface area contributed by atoms with Gasteiger partial charge in [-0.1, -0.05) is 6.07 Å². The highest BCUT2D eigenvalue weighted by atomic mass is 16.6. The number of hydrogen-bond donors (Lipinski definition) is 2. The second-order valence-electron chi connectivity index (χ2n) is 9.85. The molecule has 12 heteroatoms. The van der Waals surface area contributed by atoms with Gasteiger partial charge in [-0.25, -0.2) is 14.8 Å². The van der Waals surface area contributed by atoms with Crippen molar-refractivity contribution in [3.05, 3.63) is 83.8 Å². The van der Waals surface area contributed by atoms with Gasteiger partial charge in [-0.15, -0.1) is 0 Å². The molecule has 4 rings (SSSR count). The molecule has 0 radical (unpaired) electrons. The van der Waals surface area contributed by atoms with Gasteiger partial charge in [-0.05, 0) is 75.4 Å². The minimum atomic E-state index is -0.734. The molecule has 2 aromatic heterocycles. The van der Waals surface area contributed by atoms with Gasteiger partial charge < -0.3 is 25.1 Å². The van der Waals surface area contributed by atoms with Crippen LogP contribution < -0.4 is 16.0 Å². The number of aryl methyl sites for hydroxylation is 1. The molecule has 0 aliphatic heterocycles. The molecule has 224 valence electrons. The highest BCUT2D eigenvalue weighted by Crippen LogP contribution is 2.21. The lowest BCUT2D eigenvalue weighted by atomic mass is 10.1. The second-order valence-corrected chi connectivity index (χ2v) is 9.85. The molecule has 0 aliphatic rings. The summed E-state index contributed by atoms with van der Waals surface area (Å²) in [5.74, 6) is 0.588. The number of benzene rings is 2. The molecule has 43 heavy (non-hydrogen) atoms. The number of ether oxygens (including phenoxy) is 2. The molecule has 3 N–H and O–H groups in total. The van der Waals surface area contributed by atoms with Gasteiger partial charge in [-0.3, -0.25) is 14.5 Å². The number of carbonyl (C=O) groups is 3. The highest BCUT2D eigenvalue weighted by molar-refractivity contribution is 6.07. The summed E-state index contributed by atoms with van der Waals surface area (Å²) in [5, 5.41) is 3.33. The third-order valence-electron chi connectivity index (χ3n) is 6.42. The van der Waals surface area contributed by atoms with Crippen molar-refractivity contribution in [2.75, 3.05) is 23.4 Å². The number of pyridine rings is 1. The van der Waals surface area contributed by atoms with E-state index in [1.54, 1.807) is 69.4 Å². The normalized spacial score (nSPS) is 11.4. The first-order valence-corrected chi connectivity index (χ1v) is 13.9. The lowest BCUT2D eigenvalue weighted by Crippen LogP contribution is -2.34. The number of nitrogens with two attached hydrogens (primary N) is 1. The maximum atomic E-state index is 13.6. The zero-order chi connectivity index (χ0) is 30.9. The summed E-state index contributed by atoms with van der Waals surface area (Å²) in [6.07, 6.45) is 0.626. The standard InChI is InChI=1S/C31H35N7O5/c1-5-42-28(39)15-17-38(26-8-6-7-16-33-26)30(40)22-11-14-25-24(18-22)35-27(37(25)4)19-34-23-12-9-21(10-13-23)29(32)36-31(41)43-20(2)3/h6-14,16,18,20,34H,5,15,17,19H2,1-4H3,(H2,32,36,41). The molecule has 0 bridgehead atoms. The van der Waals surface area contributed by atoms with Crippen LogP contribution in [0, 0.1) is 0 Å². The summed E-state index contributed by atoms with van der Waals surface area (Å²) in [4.78, 5) is 51.6. The van der Waals surface area contributed by atoms with Gasteiger partial charge in [0, 0.05) is 36.6 Å². The first-order chi connectivity index (χ1) is 20.7. The van der Waals surface area contributed by atoms with Crippen LogP contribution in [0.25, 0.3) is 11.0 Å². The number of aromatic nitrogens is 3. The third kappa shape index (κ3) is 7.94. The molecule has 0 spiro atoms. The zero-order valence-corrected chi connectivity index (χ0v) is 24.6. The van der Waals surface area contributed by atoms with Crippen LogP contribution in [0.3, 0.4) is 0 Å². The van der Waals surface area contributed by atoms with Crippen molar-refractivity contribution in [3.8, 4) is 0 Å². The molecule has 0 aliphatic carbocycles. The van der Waals surface area contributed by atoms with Crippen LogP contribution in [0.1, 0.15) is 48.9 Å². The quantitative estimate of drug-likeness (QED) is 0.148. The Morgan fingerprint density at radius 3 is 2.49 bits per heavy atom. The van der Waals surface area contributed by atoms with Crippen molar-refractivity contribution in [3.63, 3.8) is 0 Å². The highest BCUT2D eigenvalue weighted by Gasteiger charge is 2.21. The number of anilines is 2. The Labute approximate surface area is 249 Å². The average molecular weight is 586 g/mol. The Bertz CT molecular complexity index is 1620. The van der Waals surface area contributed by atoms with Gasteiger partial charge in [0.05, 0.1) is 36.7 Å². The van der Waals surface area contributed by atoms with E-state index < -0.39 is 6.09 Å². The van der Waals surface area contributed by atoms with E-state index in [1.807, 2.05) is 29.8 Å². The van der Waals surface area contributed by atoms with E-state index in [9.17, 15) is 14.4 Å². The molecule has 4 aromatic rings. The number of fused-ring (bicyclic) bond motifs is 1. The summed E-state index contributed by atoms with van der Waals surface area (Å²) >= 11 is 0. The third-order valence-corrected chi connectivity index (χ3v) is 6.42. The number of esters is 1. The fourth-order valence-corrected chi connectivity index (χ4v) is 4.30. The van der Waals surface area contributed by atoms with Crippen LogP contribution >= 0.6 is 0 Å². The molecule has 0 atom stereocenters. The Hall–Kier alpha value is -5.26. The monoisotopic (exact) mass is 585 g/mol. The van der Waals surface area contributed by atoms with E-state index in [4.69, 9.17) is 20.2 Å². The SMILES string of the molecule is CCOC(=O)CCN(C(=O)c1ccc2c(c1)nc(CNc1ccc(C(N)=NC(=O)OC(C)C)cc1)n2C)c1ccccn1. The first kappa shape index (κ1) is 30.7. The van der Waals surface area contributed by atoms with E-state index in [1.165, 1.54) is 4.90 Å². The van der Waals surface area contributed by atoms with Crippen molar-refractivity contribution in [2.24, 2.45) is 17.8 Å². The number of carbonyl (C=O) groups excluding carboxylic acids is 3. The predicted octanol–water partition coefficient (Wildman–Crippen LogP) is 4.43. The minimum Gasteiger partial charge on any atom is -0.466 e. The lowest BCUT2D eigenvalue weighted by Gasteiger charge is -2.21. The van der Waals surface area contributed by atoms with E-state index >= 15 is 0 Å². The van der Waals surface area contributed by atoms with Gasteiger partial charge in [0.15, 0.2) is 0 Å². The predicted molar refractivity (Wildman–Crippen MR) is 164 cm³/mol. The molecular weight excluding hydrogens is 550 g/mol. The summed E-state index contributed by atoms with van der Waals surface area (Å²) < 4.78 is 12.0. The summed E-state index contributed by atoms with van der Waals surface area (Å²) in [6.45, 7) is 6.03. The maximum absolute atomic E-state index is 13.6. The molecule has 2 heterocycles. The zero-order valence-electron chi connectivity index (χ0n) is 24.6. The fraction of sp³-hybridized carbons (Fsp3) is 0.290. The van der Waals surface area contributed by atoms with E-state index in [-0.39, 0.29) is 43.4 Å². The van der Waals surface area contributed by atoms with Crippen molar-refractivity contribution in [1.82, 2.24) is 14.5 Å². The number of amides is 2. The van der Waals surface area contributed by atoms with Gasteiger partial charge in [0.2, 0.25) is 0 Å². The molecule has 0 fully saturated rings. The molecule has 0 saturated heterocycles. The number of rotatable bonds is 11. The van der Waals surface area contributed by atoms with Crippen LogP contribution in [0.4, 0.5) is 16.3 Å². The maximum Gasteiger partial charge on any atom is 0.435 e. The molecule has 0 unspecified atom stereocenters. The molecule has 2 aromatic carbocycles. The number of nitrogens with zero attached hydrogens (tertiary/aromatic N) is 5. The number of hydrogen-bond acceptors (Lipinski definition) is 8. The molecular formula is C31H35N7O5. The van der Waals surface area contributed by atoms with Crippen LogP contribution in [0.5, 0.6) is 0 Å². The van der Waals surface area contributed by atoms with Crippen molar-refractivity contribution >= 4 is 46.3 Å². The summed E-state index contributed by atoms with van der Waals surface area (Å²) in [6, 6.07) is 17.8. The average Bonchev–Trinajstić information content (AvgIpc) is 3.30. The van der Waals surface area contributed by atoms with Gasteiger partial charge in [-0.2, -0.15) is 4.99 Å². The summed E-state index contributed by atoms with van der Waals surface area (Å²) in [7, 11) is 1.91. The first-order valence-electron chi connectivity index (χ1n) is 13.9. The Morgan fingerprint density at radius 2 is 1.81 bits per heavy atom. The fourth-order valence-electron chi connectivity index (χ4n) is 4.30. The van der Waals surface area contributed by atoms with Gasteiger partial charge >= 0.3 is 12.1 Å².